The van der Waals surface area contributed by atoms with E-state index < -0.39 is 0 Å². The van der Waals surface area contributed by atoms with Gasteiger partial charge in [-0.25, -0.2) is 0 Å². The Balaban J connectivity index is 1.14. The SMILES string of the molecule is Cc1nnc(C(C)C)n1C1CC2CCC(C1)N2CC[C@H](NC(=O)C1CCCCC1)c1cc2c(s1)CCC2. The van der Waals surface area contributed by atoms with Crippen LogP contribution in [0.2, 0.25) is 0 Å². The normalized spacial score (nSPS) is 27.1. The van der Waals surface area contributed by atoms with Crippen molar-refractivity contribution in [2.24, 2.45) is 5.92 Å². The molecule has 0 spiro atoms. The number of carbonyl (C=O) groups is 1. The molecule has 1 saturated carbocycles. The highest BCUT2D eigenvalue weighted by molar-refractivity contribution is 7.12. The van der Waals surface area contributed by atoms with Crippen molar-refractivity contribution in [1.29, 1.82) is 0 Å². The molecular weight excluding hydrogens is 478 g/mol. The van der Waals surface area contributed by atoms with Gasteiger partial charge in [-0.05, 0) is 82.8 Å². The van der Waals surface area contributed by atoms with Gasteiger partial charge in [0.2, 0.25) is 5.91 Å². The highest BCUT2D eigenvalue weighted by Gasteiger charge is 2.42. The maximum atomic E-state index is 13.3. The van der Waals surface area contributed by atoms with E-state index >= 15 is 0 Å². The van der Waals surface area contributed by atoms with E-state index in [0.717, 1.165) is 37.5 Å². The third-order valence-corrected chi connectivity index (χ3v) is 11.1. The number of nitrogens with zero attached hydrogens (tertiary/aromatic N) is 4. The maximum absolute atomic E-state index is 13.3. The van der Waals surface area contributed by atoms with Crippen molar-refractivity contribution in [2.75, 3.05) is 6.54 Å². The Morgan fingerprint density at radius 2 is 1.78 bits per heavy atom. The molecule has 2 saturated heterocycles. The highest BCUT2D eigenvalue weighted by Crippen LogP contribution is 2.43. The number of rotatable bonds is 8. The summed E-state index contributed by atoms with van der Waals surface area (Å²) < 4.78 is 2.45. The average molecular weight is 524 g/mol. The average Bonchev–Trinajstić information content (AvgIpc) is 3.64. The van der Waals surface area contributed by atoms with Gasteiger partial charge < -0.3 is 9.88 Å². The molecule has 3 fully saturated rings. The van der Waals surface area contributed by atoms with Crippen molar-refractivity contribution in [2.45, 2.75) is 134 Å². The number of hydrogen-bond acceptors (Lipinski definition) is 5. The number of aryl methyl sites for hydroxylation is 3. The molecule has 4 aliphatic rings. The standard InChI is InChI=1S/C30H45N5OS/c1-19(2)29-33-32-20(3)35(29)25-17-23-12-13-24(18-25)34(23)15-14-26(28-16-22-10-7-11-27(22)37-28)31-30(36)21-8-5-4-6-9-21/h16,19,21,23-26H,4-15,17-18H2,1-3H3,(H,31,36)/t23?,24?,25?,26-/m0/s1. The van der Waals surface area contributed by atoms with E-state index in [0.29, 0.717) is 30.0 Å². The van der Waals surface area contributed by atoms with Crippen LogP contribution in [-0.4, -0.2) is 44.2 Å². The van der Waals surface area contributed by atoms with E-state index in [1.807, 2.05) is 11.3 Å². The number of thiophene rings is 1. The van der Waals surface area contributed by atoms with E-state index in [1.54, 1.807) is 10.4 Å². The van der Waals surface area contributed by atoms with E-state index in [-0.39, 0.29) is 12.0 Å². The van der Waals surface area contributed by atoms with Crippen molar-refractivity contribution in [3.8, 4) is 0 Å². The second kappa shape index (κ2) is 10.8. The largest absolute Gasteiger partial charge is 0.348 e. The van der Waals surface area contributed by atoms with Crippen LogP contribution >= 0.6 is 11.3 Å². The molecule has 0 aromatic carbocycles. The van der Waals surface area contributed by atoms with Crippen LogP contribution < -0.4 is 5.32 Å². The summed E-state index contributed by atoms with van der Waals surface area (Å²) in [6.45, 7) is 7.65. The number of fused-ring (bicyclic) bond motifs is 3. The Labute approximate surface area is 226 Å². The summed E-state index contributed by atoms with van der Waals surface area (Å²) in [7, 11) is 0. The van der Waals surface area contributed by atoms with Crippen LogP contribution in [0.15, 0.2) is 6.07 Å². The molecule has 4 heterocycles. The van der Waals surface area contributed by atoms with Crippen molar-refractivity contribution < 1.29 is 4.79 Å². The topological polar surface area (TPSA) is 63.1 Å². The summed E-state index contributed by atoms with van der Waals surface area (Å²) >= 11 is 1.98. The number of nitrogens with one attached hydrogen (secondary N) is 1. The molecule has 37 heavy (non-hydrogen) atoms. The van der Waals surface area contributed by atoms with Crippen LogP contribution in [-0.2, 0) is 17.6 Å². The van der Waals surface area contributed by atoms with Crippen LogP contribution in [0.4, 0.5) is 0 Å². The monoisotopic (exact) mass is 523 g/mol. The summed E-state index contributed by atoms with van der Waals surface area (Å²) in [5.74, 6) is 3.14. The van der Waals surface area contributed by atoms with Gasteiger partial charge in [0.25, 0.3) is 0 Å². The van der Waals surface area contributed by atoms with Crippen LogP contribution in [0.1, 0.15) is 129 Å². The molecule has 2 aromatic heterocycles. The van der Waals surface area contributed by atoms with Crippen LogP contribution in [0.5, 0.6) is 0 Å². The summed E-state index contributed by atoms with van der Waals surface area (Å²) in [6.07, 6.45) is 15.6. The molecule has 202 valence electrons. The molecule has 2 aliphatic heterocycles. The van der Waals surface area contributed by atoms with Crippen molar-refractivity contribution in [1.82, 2.24) is 25.0 Å². The van der Waals surface area contributed by atoms with Crippen molar-refractivity contribution >= 4 is 17.2 Å². The van der Waals surface area contributed by atoms with E-state index in [4.69, 9.17) is 0 Å². The third kappa shape index (κ3) is 5.15. The minimum atomic E-state index is 0.162. The molecule has 1 N–H and O–H groups in total. The Hall–Kier alpha value is -1.73. The first-order valence-electron chi connectivity index (χ1n) is 15.1. The smallest absolute Gasteiger partial charge is 0.223 e. The predicted octanol–water partition coefficient (Wildman–Crippen LogP) is 6.26. The van der Waals surface area contributed by atoms with Crippen LogP contribution in [0.25, 0.3) is 0 Å². The van der Waals surface area contributed by atoms with Crippen molar-refractivity contribution in [3.63, 3.8) is 0 Å². The molecule has 3 atom stereocenters. The van der Waals surface area contributed by atoms with E-state index in [2.05, 4.69) is 51.8 Å². The Morgan fingerprint density at radius 1 is 1.03 bits per heavy atom. The first kappa shape index (κ1) is 25.5. The number of carbonyl (C=O) groups excluding carboxylic acids is 1. The lowest BCUT2D eigenvalue weighted by Crippen LogP contribution is -2.45. The first-order chi connectivity index (χ1) is 18.0. The molecule has 7 heteroatoms. The van der Waals surface area contributed by atoms with Gasteiger partial charge in [0.05, 0.1) is 6.04 Å². The minimum Gasteiger partial charge on any atom is -0.348 e. The van der Waals surface area contributed by atoms with Crippen LogP contribution in [0, 0.1) is 12.8 Å². The van der Waals surface area contributed by atoms with Gasteiger partial charge in [-0.15, -0.1) is 21.5 Å². The molecule has 2 bridgehead atoms. The van der Waals surface area contributed by atoms with Gasteiger partial charge in [0, 0.05) is 46.3 Å². The van der Waals surface area contributed by atoms with Crippen molar-refractivity contribution in [3.05, 3.63) is 33.0 Å². The zero-order valence-corrected chi connectivity index (χ0v) is 23.9. The summed E-state index contributed by atoms with van der Waals surface area (Å²) in [4.78, 5) is 19.1. The summed E-state index contributed by atoms with van der Waals surface area (Å²) in [5.41, 5.74) is 1.54. The molecule has 6 rings (SSSR count). The van der Waals surface area contributed by atoms with Gasteiger partial charge in [-0.1, -0.05) is 33.1 Å². The maximum Gasteiger partial charge on any atom is 0.223 e. The molecular formula is C30H45N5OS. The first-order valence-corrected chi connectivity index (χ1v) is 15.9. The number of amides is 1. The molecule has 2 unspecified atom stereocenters. The fourth-order valence-corrected chi connectivity index (χ4v) is 9.14. The fourth-order valence-electron chi connectivity index (χ4n) is 7.79. The molecule has 0 radical (unpaired) electrons. The number of hydrogen-bond donors (Lipinski definition) is 1. The Morgan fingerprint density at radius 3 is 2.49 bits per heavy atom. The highest BCUT2D eigenvalue weighted by atomic mass is 32.1. The van der Waals surface area contributed by atoms with E-state index in [1.165, 1.54) is 69.1 Å². The third-order valence-electron chi connectivity index (χ3n) is 9.71. The zero-order chi connectivity index (χ0) is 25.5. The van der Waals surface area contributed by atoms with E-state index in [9.17, 15) is 4.79 Å². The Kier molecular flexibility index (Phi) is 7.45. The molecule has 6 nitrogen and oxygen atoms in total. The second-order valence-electron chi connectivity index (χ2n) is 12.5. The van der Waals surface area contributed by atoms with Gasteiger partial charge in [0.1, 0.15) is 11.6 Å². The second-order valence-corrected chi connectivity index (χ2v) is 13.7. The summed E-state index contributed by atoms with van der Waals surface area (Å²) in [5, 5.41) is 12.5. The Bertz CT molecular complexity index is 1060. The number of piperidine rings is 1. The van der Waals surface area contributed by atoms with Crippen LogP contribution in [0.3, 0.4) is 0 Å². The van der Waals surface area contributed by atoms with Gasteiger partial charge in [0.15, 0.2) is 0 Å². The lowest BCUT2D eigenvalue weighted by atomic mass is 9.88. The fraction of sp³-hybridized carbons (Fsp3) is 0.767. The zero-order valence-electron chi connectivity index (χ0n) is 23.0. The lowest BCUT2D eigenvalue weighted by Gasteiger charge is -2.40. The summed E-state index contributed by atoms with van der Waals surface area (Å²) in [6, 6.07) is 4.38. The van der Waals surface area contributed by atoms with Gasteiger partial charge >= 0.3 is 0 Å². The minimum absolute atomic E-state index is 0.162. The predicted molar refractivity (Wildman–Crippen MR) is 149 cm³/mol. The van der Waals surface area contributed by atoms with Gasteiger partial charge in [-0.3, -0.25) is 9.69 Å². The quantitative estimate of drug-likeness (QED) is 0.444. The van der Waals surface area contributed by atoms with Gasteiger partial charge in [-0.2, -0.15) is 0 Å². The molecule has 2 aliphatic carbocycles. The molecule has 2 aromatic rings. The molecule has 1 amide bonds. The lowest BCUT2D eigenvalue weighted by molar-refractivity contribution is -0.126. The number of aromatic nitrogens is 3.